The normalized spacial score (nSPS) is 12.1. The SMILES string of the molecule is CCCCC(=O)C(C)(C)N(CC)CC. The Kier molecular flexibility index (Phi) is 6.01. The van der Waals surface area contributed by atoms with Crippen LogP contribution in [0.3, 0.4) is 0 Å². The van der Waals surface area contributed by atoms with Gasteiger partial charge in [-0.2, -0.15) is 0 Å². The summed E-state index contributed by atoms with van der Waals surface area (Å²) in [5.74, 6) is 0.378. The molecule has 2 nitrogen and oxygen atoms in total. The van der Waals surface area contributed by atoms with E-state index in [2.05, 4.69) is 25.7 Å². The van der Waals surface area contributed by atoms with E-state index in [9.17, 15) is 4.79 Å². The Labute approximate surface area is 88.7 Å². The first kappa shape index (κ1) is 13.6. The topological polar surface area (TPSA) is 20.3 Å². The predicted molar refractivity (Wildman–Crippen MR) is 61.5 cm³/mol. The maximum absolute atomic E-state index is 11.9. The molecule has 0 N–H and O–H groups in total. The quantitative estimate of drug-likeness (QED) is 0.628. The molecular weight excluding hydrogens is 174 g/mol. The molecule has 0 amide bonds. The van der Waals surface area contributed by atoms with Crippen LogP contribution in [0.4, 0.5) is 0 Å². The Hall–Kier alpha value is -0.370. The van der Waals surface area contributed by atoms with Gasteiger partial charge in [-0.1, -0.05) is 27.2 Å². The van der Waals surface area contributed by atoms with Crippen molar-refractivity contribution in [2.24, 2.45) is 0 Å². The van der Waals surface area contributed by atoms with Gasteiger partial charge in [0.15, 0.2) is 5.78 Å². The summed E-state index contributed by atoms with van der Waals surface area (Å²) >= 11 is 0. The molecule has 0 aromatic heterocycles. The van der Waals surface area contributed by atoms with Gasteiger partial charge in [0.1, 0.15) is 0 Å². The van der Waals surface area contributed by atoms with Gasteiger partial charge in [-0.05, 0) is 33.4 Å². The maximum atomic E-state index is 11.9. The molecule has 0 saturated carbocycles. The Morgan fingerprint density at radius 1 is 1.14 bits per heavy atom. The summed E-state index contributed by atoms with van der Waals surface area (Å²) in [4.78, 5) is 14.2. The van der Waals surface area contributed by atoms with E-state index in [0.29, 0.717) is 5.78 Å². The third-order valence-electron chi connectivity index (χ3n) is 2.99. The van der Waals surface area contributed by atoms with Crippen molar-refractivity contribution in [2.75, 3.05) is 13.1 Å². The van der Waals surface area contributed by atoms with Gasteiger partial charge >= 0.3 is 0 Å². The second-order valence-corrected chi connectivity index (χ2v) is 4.26. The zero-order chi connectivity index (χ0) is 11.2. The number of likely N-dealkylation sites (N-methyl/N-ethyl adjacent to an activating group) is 1. The minimum absolute atomic E-state index is 0.279. The van der Waals surface area contributed by atoms with Gasteiger partial charge in [-0.15, -0.1) is 0 Å². The number of Topliss-reactive ketones (excluding diaryl/α,β-unsaturated/α-hetero) is 1. The van der Waals surface area contributed by atoms with E-state index in [1.807, 2.05) is 13.8 Å². The Bertz CT molecular complexity index is 171. The molecule has 0 spiro atoms. The average molecular weight is 199 g/mol. The maximum Gasteiger partial charge on any atom is 0.152 e. The molecule has 0 bridgehead atoms. The lowest BCUT2D eigenvalue weighted by Crippen LogP contribution is -2.49. The summed E-state index contributed by atoms with van der Waals surface area (Å²) in [6, 6.07) is 0. The van der Waals surface area contributed by atoms with Crippen LogP contribution in [0.1, 0.15) is 53.9 Å². The van der Waals surface area contributed by atoms with Crippen LogP contribution in [0.5, 0.6) is 0 Å². The number of ketones is 1. The highest BCUT2D eigenvalue weighted by Crippen LogP contribution is 2.18. The monoisotopic (exact) mass is 199 g/mol. The first-order valence-corrected chi connectivity index (χ1v) is 5.79. The molecule has 0 aliphatic carbocycles. The van der Waals surface area contributed by atoms with Crippen molar-refractivity contribution >= 4 is 5.78 Å². The summed E-state index contributed by atoms with van der Waals surface area (Å²) in [5.41, 5.74) is -0.279. The largest absolute Gasteiger partial charge is 0.298 e. The second kappa shape index (κ2) is 6.18. The Morgan fingerprint density at radius 2 is 1.64 bits per heavy atom. The van der Waals surface area contributed by atoms with Crippen LogP contribution in [0.15, 0.2) is 0 Å². The predicted octanol–water partition coefficient (Wildman–Crippen LogP) is 2.87. The summed E-state index contributed by atoms with van der Waals surface area (Å²) in [6.07, 6.45) is 2.84. The van der Waals surface area contributed by atoms with E-state index in [0.717, 1.165) is 32.4 Å². The van der Waals surface area contributed by atoms with Crippen molar-refractivity contribution in [3.63, 3.8) is 0 Å². The summed E-state index contributed by atoms with van der Waals surface area (Å²) in [6.45, 7) is 12.3. The first-order valence-electron chi connectivity index (χ1n) is 5.79. The third-order valence-corrected chi connectivity index (χ3v) is 2.99. The molecule has 14 heavy (non-hydrogen) atoms. The van der Waals surface area contributed by atoms with Gasteiger partial charge in [0, 0.05) is 6.42 Å². The molecule has 0 atom stereocenters. The van der Waals surface area contributed by atoms with E-state index >= 15 is 0 Å². The van der Waals surface area contributed by atoms with Gasteiger partial charge in [-0.25, -0.2) is 0 Å². The molecule has 0 aliphatic rings. The lowest BCUT2D eigenvalue weighted by molar-refractivity contribution is -0.129. The smallest absolute Gasteiger partial charge is 0.152 e. The number of unbranched alkanes of at least 4 members (excludes halogenated alkanes) is 1. The molecule has 0 aliphatic heterocycles. The zero-order valence-electron chi connectivity index (χ0n) is 10.4. The van der Waals surface area contributed by atoms with E-state index in [1.54, 1.807) is 0 Å². The van der Waals surface area contributed by atoms with Crippen molar-refractivity contribution in [2.45, 2.75) is 59.4 Å². The molecular formula is C12H25NO. The lowest BCUT2D eigenvalue weighted by Gasteiger charge is -2.35. The minimum atomic E-state index is -0.279. The number of carbonyl (C=O) groups excluding carboxylic acids is 1. The van der Waals surface area contributed by atoms with Gasteiger partial charge in [0.05, 0.1) is 5.54 Å². The van der Waals surface area contributed by atoms with E-state index < -0.39 is 0 Å². The highest BCUT2D eigenvalue weighted by atomic mass is 16.1. The van der Waals surface area contributed by atoms with Crippen LogP contribution in [0.25, 0.3) is 0 Å². The molecule has 0 heterocycles. The van der Waals surface area contributed by atoms with Gasteiger partial charge in [0.25, 0.3) is 0 Å². The number of rotatable bonds is 7. The highest BCUT2D eigenvalue weighted by molar-refractivity contribution is 5.87. The molecule has 0 saturated heterocycles. The Balaban J connectivity index is 4.34. The molecule has 2 heteroatoms. The number of carbonyl (C=O) groups is 1. The Morgan fingerprint density at radius 3 is 2.00 bits per heavy atom. The van der Waals surface area contributed by atoms with Crippen LogP contribution in [-0.4, -0.2) is 29.3 Å². The molecule has 84 valence electrons. The fourth-order valence-corrected chi connectivity index (χ4v) is 1.83. The summed E-state index contributed by atoms with van der Waals surface area (Å²) in [5, 5.41) is 0. The number of hydrogen-bond donors (Lipinski definition) is 0. The highest BCUT2D eigenvalue weighted by Gasteiger charge is 2.31. The first-order chi connectivity index (χ1) is 6.50. The summed E-state index contributed by atoms with van der Waals surface area (Å²) in [7, 11) is 0. The molecule has 0 unspecified atom stereocenters. The van der Waals surface area contributed by atoms with Crippen molar-refractivity contribution < 1.29 is 4.79 Å². The molecule has 0 radical (unpaired) electrons. The lowest BCUT2D eigenvalue weighted by atomic mass is 9.93. The molecule has 0 rings (SSSR count). The van der Waals surface area contributed by atoms with Gasteiger partial charge in [-0.3, -0.25) is 9.69 Å². The van der Waals surface area contributed by atoms with Crippen LogP contribution >= 0.6 is 0 Å². The zero-order valence-corrected chi connectivity index (χ0v) is 10.4. The number of hydrogen-bond acceptors (Lipinski definition) is 2. The van der Waals surface area contributed by atoms with E-state index in [4.69, 9.17) is 0 Å². The van der Waals surface area contributed by atoms with Crippen LogP contribution in [0.2, 0.25) is 0 Å². The minimum Gasteiger partial charge on any atom is -0.298 e. The number of nitrogens with zero attached hydrogens (tertiary/aromatic N) is 1. The standard InChI is InChI=1S/C12H25NO/c1-6-9-10-11(14)12(4,5)13(7-2)8-3/h6-10H2,1-5H3. The van der Waals surface area contributed by atoms with Crippen molar-refractivity contribution in [1.82, 2.24) is 4.90 Å². The molecule has 0 fully saturated rings. The van der Waals surface area contributed by atoms with Crippen molar-refractivity contribution in [1.29, 1.82) is 0 Å². The fourth-order valence-electron chi connectivity index (χ4n) is 1.83. The molecule has 0 aromatic rings. The second-order valence-electron chi connectivity index (χ2n) is 4.26. The summed E-state index contributed by atoms with van der Waals surface area (Å²) < 4.78 is 0. The van der Waals surface area contributed by atoms with Crippen molar-refractivity contribution in [3.05, 3.63) is 0 Å². The third kappa shape index (κ3) is 3.41. The van der Waals surface area contributed by atoms with Crippen molar-refractivity contribution in [3.8, 4) is 0 Å². The van der Waals surface area contributed by atoms with Gasteiger partial charge < -0.3 is 0 Å². The van der Waals surface area contributed by atoms with E-state index in [1.165, 1.54) is 0 Å². The van der Waals surface area contributed by atoms with Crippen LogP contribution in [-0.2, 0) is 4.79 Å². The van der Waals surface area contributed by atoms with E-state index in [-0.39, 0.29) is 5.54 Å². The van der Waals surface area contributed by atoms with Crippen LogP contribution in [0, 0.1) is 0 Å². The fraction of sp³-hybridized carbons (Fsp3) is 0.917. The molecule has 0 aromatic carbocycles. The average Bonchev–Trinajstić information content (AvgIpc) is 2.15. The van der Waals surface area contributed by atoms with Gasteiger partial charge in [0.2, 0.25) is 0 Å². The van der Waals surface area contributed by atoms with Crippen LogP contribution < -0.4 is 0 Å².